The van der Waals surface area contributed by atoms with Crippen molar-refractivity contribution in [2.24, 2.45) is 0 Å². The Hall–Kier alpha value is -1.95. The molecule has 6 nitrogen and oxygen atoms in total. The van der Waals surface area contributed by atoms with Gasteiger partial charge in [0.05, 0.1) is 4.92 Å². The Bertz CT molecular complexity index is 529. The molecule has 0 aliphatic heterocycles. The lowest BCUT2D eigenvalue weighted by Crippen LogP contribution is -2.27. The van der Waals surface area contributed by atoms with Crippen LogP contribution in [-0.4, -0.2) is 41.8 Å². The highest BCUT2D eigenvalue weighted by Gasteiger charge is 2.15. The SMILES string of the molecule is CC(=O)c1ccc(NCCCCN(C)C(C)C)c([N+](=O)[O-])c1. The summed E-state index contributed by atoms with van der Waals surface area (Å²) < 4.78 is 0. The minimum atomic E-state index is -0.457. The summed E-state index contributed by atoms with van der Waals surface area (Å²) in [5.74, 6) is -0.175. The first kappa shape index (κ1) is 18.1. The van der Waals surface area contributed by atoms with Gasteiger partial charge in [0, 0.05) is 24.2 Å². The number of hydrogen-bond acceptors (Lipinski definition) is 5. The van der Waals surface area contributed by atoms with Crippen LogP contribution in [0.15, 0.2) is 18.2 Å². The molecule has 1 rings (SSSR count). The van der Waals surface area contributed by atoms with E-state index in [1.807, 2.05) is 0 Å². The molecule has 0 fully saturated rings. The standard InChI is InChI=1S/C16H25N3O3/c1-12(2)18(4)10-6-5-9-17-15-8-7-14(13(3)20)11-16(15)19(21)22/h7-8,11-12,17H,5-6,9-10H2,1-4H3. The van der Waals surface area contributed by atoms with E-state index >= 15 is 0 Å². The van der Waals surface area contributed by atoms with E-state index in [9.17, 15) is 14.9 Å². The summed E-state index contributed by atoms with van der Waals surface area (Å²) in [6, 6.07) is 5.07. The van der Waals surface area contributed by atoms with E-state index in [1.54, 1.807) is 12.1 Å². The number of nitro groups is 1. The van der Waals surface area contributed by atoms with Crippen molar-refractivity contribution in [1.82, 2.24) is 4.90 Å². The third kappa shape index (κ3) is 5.44. The second-order valence-electron chi connectivity index (χ2n) is 5.75. The molecular formula is C16H25N3O3. The van der Waals surface area contributed by atoms with Crippen LogP contribution < -0.4 is 5.32 Å². The number of rotatable bonds is 9. The zero-order valence-electron chi connectivity index (χ0n) is 13.8. The molecule has 0 heterocycles. The molecular weight excluding hydrogens is 282 g/mol. The summed E-state index contributed by atoms with van der Waals surface area (Å²) in [6.07, 6.45) is 1.96. The van der Waals surface area contributed by atoms with Gasteiger partial charge in [-0.1, -0.05) is 0 Å². The monoisotopic (exact) mass is 307 g/mol. The molecule has 0 unspecified atom stereocenters. The summed E-state index contributed by atoms with van der Waals surface area (Å²) in [5, 5.41) is 14.2. The van der Waals surface area contributed by atoms with Crippen LogP contribution >= 0.6 is 0 Å². The molecule has 0 spiro atoms. The van der Waals surface area contributed by atoms with Gasteiger partial charge in [0.1, 0.15) is 5.69 Å². The lowest BCUT2D eigenvalue weighted by atomic mass is 10.1. The first-order chi connectivity index (χ1) is 10.3. The number of hydrogen-bond donors (Lipinski definition) is 1. The number of carbonyl (C=O) groups excluding carboxylic acids is 1. The van der Waals surface area contributed by atoms with Crippen LogP contribution in [0.3, 0.4) is 0 Å². The van der Waals surface area contributed by atoms with Crippen molar-refractivity contribution < 1.29 is 9.72 Å². The molecule has 22 heavy (non-hydrogen) atoms. The highest BCUT2D eigenvalue weighted by molar-refractivity contribution is 5.95. The van der Waals surface area contributed by atoms with E-state index in [4.69, 9.17) is 0 Å². The van der Waals surface area contributed by atoms with Gasteiger partial charge in [-0.05, 0) is 59.3 Å². The molecule has 1 aromatic carbocycles. The number of nitro benzene ring substituents is 1. The Morgan fingerprint density at radius 1 is 1.36 bits per heavy atom. The minimum absolute atomic E-state index is 0.0491. The lowest BCUT2D eigenvalue weighted by molar-refractivity contribution is -0.384. The predicted molar refractivity (Wildman–Crippen MR) is 88.6 cm³/mol. The molecule has 0 aliphatic carbocycles. The first-order valence-corrected chi connectivity index (χ1v) is 7.56. The molecule has 0 saturated carbocycles. The third-order valence-electron chi connectivity index (χ3n) is 3.74. The summed E-state index contributed by atoms with van der Waals surface area (Å²) in [4.78, 5) is 24.2. The van der Waals surface area contributed by atoms with Crippen LogP contribution in [0.2, 0.25) is 0 Å². The molecule has 0 bridgehead atoms. The number of nitrogens with one attached hydrogen (secondary N) is 1. The van der Waals surface area contributed by atoms with E-state index in [2.05, 4.69) is 31.1 Å². The van der Waals surface area contributed by atoms with Crippen molar-refractivity contribution in [3.05, 3.63) is 33.9 Å². The quantitative estimate of drug-likeness (QED) is 0.328. The van der Waals surface area contributed by atoms with Gasteiger partial charge >= 0.3 is 0 Å². The Morgan fingerprint density at radius 2 is 2.05 bits per heavy atom. The number of anilines is 1. The highest BCUT2D eigenvalue weighted by atomic mass is 16.6. The maximum atomic E-state index is 11.3. The molecule has 0 amide bonds. The first-order valence-electron chi connectivity index (χ1n) is 7.56. The number of Topliss-reactive ketones (excluding diaryl/α,β-unsaturated/α-hetero) is 1. The van der Waals surface area contributed by atoms with Crippen LogP contribution in [0.4, 0.5) is 11.4 Å². The average molecular weight is 307 g/mol. The molecule has 0 aliphatic rings. The minimum Gasteiger partial charge on any atom is -0.379 e. The van der Waals surface area contributed by atoms with Crippen LogP contribution in [0.25, 0.3) is 0 Å². The summed E-state index contributed by atoms with van der Waals surface area (Å²) in [6.45, 7) is 7.38. The summed E-state index contributed by atoms with van der Waals surface area (Å²) >= 11 is 0. The van der Waals surface area contributed by atoms with Gasteiger partial charge in [-0.15, -0.1) is 0 Å². The molecule has 0 atom stereocenters. The largest absolute Gasteiger partial charge is 0.379 e. The van der Waals surface area contributed by atoms with Crippen molar-refractivity contribution in [3.8, 4) is 0 Å². The zero-order chi connectivity index (χ0) is 16.7. The molecule has 6 heteroatoms. The Balaban J connectivity index is 2.55. The van der Waals surface area contributed by atoms with Crippen molar-refractivity contribution >= 4 is 17.2 Å². The van der Waals surface area contributed by atoms with Crippen LogP contribution in [0.1, 0.15) is 44.0 Å². The Morgan fingerprint density at radius 3 is 2.59 bits per heavy atom. The molecule has 0 aromatic heterocycles. The zero-order valence-corrected chi connectivity index (χ0v) is 13.8. The van der Waals surface area contributed by atoms with Gasteiger partial charge in [-0.2, -0.15) is 0 Å². The summed E-state index contributed by atoms with van der Waals surface area (Å²) in [7, 11) is 2.09. The normalized spacial score (nSPS) is 11.0. The van der Waals surface area contributed by atoms with Crippen LogP contribution in [0, 0.1) is 10.1 Å². The Labute approximate surface area is 131 Å². The van der Waals surface area contributed by atoms with Gasteiger partial charge in [0.25, 0.3) is 5.69 Å². The fraction of sp³-hybridized carbons (Fsp3) is 0.562. The highest BCUT2D eigenvalue weighted by Crippen LogP contribution is 2.25. The smallest absolute Gasteiger partial charge is 0.293 e. The number of benzene rings is 1. The fourth-order valence-corrected chi connectivity index (χ4v) is 2.02. The van der Waals surface area contributed by atoms with Gasteiger partial charge in [0.2, 0.25) is 0 Å². The van der Waals surface area contributed by atoms with Crippen molar-refractivity contribution in [2.45, 2.75) is 39.7 Å². The topological polar surface area (TPSA) is 75.5 Å². The maximum absolute atomic E-state index is 11.3. The molecule has 122 valence electrons. The van der Waals surface area contributed by atoms with Crippen molar-refractivity contribution in [1.29, 1.82) is 0 Å². The maximum Gasteiger partial charge on any atom is 0.293 e. The molecule has 1 aromatic rings. The van der Waals surface area contributed by atoms with Crippen LogP contribution in [0.5, 0.6) is 0 Å². The number of nitrogens with zero attached hydrogens (tertiary/aromatic N) is 2. The van der Waals surface area contributed by atoms with E-state index in [0.29, 0.717) is 23.8 Å². The molecule has 1 N–H and O–H groups in total. The molecule has 0 radical (unpaired) electrons. The summed E-state index contributed by atoms with van der Waals surface area (Å²) in [5.41, 5.74) is 0.773. The van der Waals surface area contributed by atoms with E-state index in [1.165, 1.54) is 13.0 Å². The van der Waals surface area contributed by atoms with Crippen molar-refractivity contribution in [2.75, 3.05) is 25.5 Å². The van der Waals surface area contributed by atoms with Gasteiger partial charge in [-0.25, -0.2) is 0 Å². The van der Waals surface area contributed by atoms with E-state index in [0.717, 1.165) is 19.4 Å². The second kappa shape index (κ2) is 8.48. The van der Waals surface area contributed by atoms with Gasteiger partial charge in [-0.3, -0.25) is 14.9 Å². The van der Waals surface area contributed by atoms with Gasteiger partial charge in [0.15, 0.2) is 5.78 Å². The van der Waals surface area contributed by atoms with E-state index < -0.39 is 4.92 Å². The number of ketones is 1. The Kier molecular flexibility index (Phi) is 6.98. The molecule has 0 saturated heterocycles. The van der Waals surface area contributed by atoms with Crippen molar-refractivity contribution in [3.63, 3.8) is 0 Å². The number of unbranched alkanes of at least 4 members (excludes halogenated alkanes) is 1. The van der Waals surface area contributed by atoms with Gasteiger partial charge < -0.3 is 10.2 Å². The second-order valence-corrected chi connectivity index (χ2v) is 5.75. The van der Waals surface area contributed by atoms with E-state index in [-0.39, 0.29) is 11.5 Å². The van der Waals surface area contributed by atoms with Crippen LogP contribution in [-0.2, 0) is 0 Å². The predicted octanol–water partition coefficient (Wildman–Crippen LogP) is 3.33. The fourth-order valence-electron chi connectivity index (χ4n) is 2.02. The lowest BCUT2D eigenvalue weighted by Gasteiger charge is -2.20. The average Bonchev–Trinajstić information content (AvgIpc) is 2.46. The number of carbonyl (C=O) groups is 1. The third-order valence-corrected chi connectivity index (χ3v) is 3.74.